The first-order valence-corrected chi connectivity index (χ1v) is 22.5. The van der Waals surface area contributed by atoms with E-state index in [0.717, 1.165) is 66.4 Å². The van der Waals surface area contributed by atoms with Gasteiger partial charge in [0.2, 0.25) is 0 Å². The summed E-state index contributed by atoms with van der Waals surface area (Å²) in [6, 6.07) is 30.3. The number of piperazine rings is 1. The minimum Gasteiger partial charge on any atom is -0.496 e. The molecule has 66 heavy (non-hydrogen) atoms. The molecule has 6 rings (SSSR count). The van der Waals surface area contributed by atoms with Gasteiger partial charge in [-0.05, 0) is 82.0 Å². The van der Waals surface area contributed by atoms with E-state index < -0.39 is 11.7 Å². The molecule has 0 spiro atoms. The van der Waals surface area contributed by atoms with E-state index in [1.807, 2.05) is 76.2 Å². The summed E-state index contributed by atoms with van der Waals surface area (Å²) < 4.78 is 34.6. The first kappa shape index (κ1) is 49.0. The molecule has 1 amide bonds. The van der Waals surface area contributed by atoms with Crippen LogP contribution in [0.3, 0.4) is 0 Å². The van der Waals surface area contributed by atoms with Gasteiger partial charge in [-0.1, -0.05) is 54.1 Å². The first-order valence-electron chi connectivity index (χ1n) is 22.5. The Balaban J connectivity index is 1.19. The summed E-state index contributed by atoms with van der Waals surface area (Å²) >= 11 is 0. The quantitative estimate of drug-likeness (QED) is 0.0507. The lowest BCUT2D eigenvalue weighted by Gasteiger charge is -2.34. The summed E-state index contributed by atoms with van der Waals surface area (Å²) in [5.74, 6) is 2.81. The number of aromatic nitrogens is 2. The Morgan fingerprint density at radius 2 is 1.52 bits per heavy atom. The Bertz CT molecular complexity index is 2310. The zero-order chi connectivity index (χ0) is 46.9. The smallest absolute Gasteiger partial charge is 0.407 e. The van der Waals surface area contributed by atoms with Crippen molar-refractivity contribution in [2.24, 2.45) is 0 Å². The van der Waals surface area contributed by atoms with Crippen molar-refractivity contribution in [2.75, 3.05) is 83.5 Å². The highest BCUT2D eigenvalue weighted by Gasteiger charge is 2.23. The summed E-state index contributed by atoms with van der Waals surface area (Å²) in [6.45, 7) is 16.2. The summed E-state index contributed by atoms with van der Waals surface area (Å²) in [5.41, 5.74) is 6.42. The van der Waals surface area contributed by atoms with Crippen molar-refractivity contribution < 1.29 is 38.0 Å². The third-order valence-electron chi connectivity index (χ3n) is 10.7. The van der Waals surface area contributed by atoms with Gasteiger partial charge < -0.3 is 44.0 Å². The van der Waals surface area contributed by atoms with Crippen molar-refractivity contribution in [1.29, 1.82) is 0 Å². The minimum absolute atomic E-state index is 0.176. The van der Waals surface area contributed by atoms with E-state index in [2.05, 4.69) is 79.7 Å². The standard InChI is InChI=1S/C51H65N7O8/c1-8-64-49(59)34-57-23-21-56(22-24-57)32-40-12-9-13-41(27-40)55-47-31-48(54-36-53-47)58(42-14-10-11-38(28-42)19-20-52-50(60)66-51(3,4)5)33-44-45(61-6)29-43(30-46(44)62-7)65-26-25-63-35-39-17-15-37(2)16-18-39/h9-18,27-31,36H,8,19-26,32-35H2,1-7H3,(H,52,60)(H,53,54,55). The number of carbonyl (C=O) groups excluding carboxylic acids is 2. The van der Waals surface area contributed by atoms with E-state index in [0.29, 0.717) is 81.4 Å². The highest BCUT2D eigenvalue weighted by molar-refractivity contribution is 5.71. The van der Waals surface area contributed by atoms with Gasteiger partial charge in [-0.2, -0.15) is 0 Å². The predicted molar refractivity (Wildman–Crippen MR) is 256 cm³/mol. The molecule has 0 atom stereocenters. The lowest BCUT2D eigenvalue weighted by atomic mass is 10.1. The molecular weight excluding hydrogens is 839 g/mol. The number of carbonyl (C=O) groups is 2. The van der Waals surface area contributed by atoms with Crippen LogP contribution in [0, 0.1) is 6.92 Å². The molecule has 2 heterocycles. The molecule has 0 unspecified atom stereocenters. The number of alkyl carbamates (subject to hydrolysis) is 1. The summed E-state index contributed by atoms with van der Waals surface area (Å²) in [5, 5.41) is 6.37. The molecule has 0 radical (unpaired) electrons. The van der Waals surface area contributed by atoms with Gasteiger partial charge in [-0.3, -0.25) is 14.6 Å². The van der Waals surface area contributed by atoms with Crippen LogP contribution < -0.4 is 29.7 Å². The fraction of sp³-hybridized carbons (Fsp3) is 0.412. The van der Waals surface area contributed by atoms with Crippen LogP contribution >= 0.6 is 0 Å². The Morgan fingerprint density at radius 1 is 0.803 bits per heavy atom. The fourth-order valence-corrected chi connectivity index (χ4v) is 7.47. The maximum absolute atomic E-state index is 12.4. The van der Waals surface area contributed by atoms with Gasteiger partial charge in [0.1, 0.15) is 47.4 Å². The number of nitrogens with one attached hydrogen (secondary N) is 2. The number of rotatable bonds is 22. The van der Waals surface area contributed by atoms with E-state index in [4.69, 9.17) is 33.4 Å². The average molecular weight is 904 g/mol. The highest BCUT2D eigenvalue weighted by Crippen LogP contribution is 2.38. The number of hydrogen-bond donors (Lipinski definition) is 2. The minimum atomic E-state index is -0.591. The predicted octanol–water partition coefficient (Wildman–Crippen LogP) is 8.23. The molecule has 352 valence electrons. The van der Waals surface area contributed by atoms with Crippen LogP contribution in [0.25, 0.3) is 0 Å². The zero-order valence-corrected chi connectivity index (χ0v) is 39.4. The molecule has 1 aliphatic heterocycles. The number of esters is 1. The van der Waals surface area contributed by atoms with Gasteiger partial charge >= 0.3 is 12.1 Å². The molecule has 15 heteroatoms. The molecule has 0 saturated carbocycles. The van der Waals surface area contributed by atoms with E-state index in [-0.39, 0.29) is 5.97 Å². The third kappa shape index (κ3) is 15.4. The van der Waals surface area contributed by atoms with Crippen LogP contribution in [0.4, 0.5) is 27.8 Å². The van der Waals surface area contributed by atoms with E-state index in [1.54, 1.807) is 20.5 Å². The third-order valence-corrected chi connectivity index (χ3v) is 10.7. The average Bonchev–Trinajstić information content (AvgIpc) is 3.29. The number of aryl methyl sites for hydroxylation is 1. The number of methoxy groups -OCH3 is 2. The van der Waals surface area contributed by atoms with Gasteiger partial charge in [0.15, 0.2) is 0 Å². The van der Waals surface area contributed by atoms with Crippen molar-refractivity contribution in [2.45, 2.75) is 66.3 Å². The van der Waals surface area contributed by atoms with Crippen molar-refractivity contribution in [3.05, 3.63) is 125 Å². The second kappa shape index (κ2) is 24.2. The Morgan fingerprint density at radius 3 is 2.23 bits per heavy atom. The lowest BCUT2D eigenvalue weighted by Crippen LogP contribution is -2.47. The Hall–Kier alpha value is -6.42. The first-order chi connectivity index (χ1) is 31.9. The molecule has 1 saturated heterocycles. The molecule has 0 bridgehead atoms. The van der Waals surface area contributed by atoms with Crippen LogP contribution in [0.15, 0.2) is 97.3 Å². The Kier molecular flexibility index (Phi) is 18.0. The molecule has 1 fully saturated rings. The number of amides is 1. The molecule has 2 N–H and O–H groups in total. The second-order valence-corrected chi connectivity index (χ2v) is 17.1. The van der Waals surface area contributed by atoms with Crippen LogP contribution in [0.1, 0.15) is 55.5 Å². The lowest BCUT2D eigenvalue weighted by molar-refractivity contribution is -0.144. The van der Waals surface area contributed by atoms with Crippen LogP contribution in [-0.2, 0) is 45.1 Å². The zero-order valence-electron chi connectivity index (χ0n) is 39.4. The van der Waals surface area contributed by atoms with Crippen molar-refractivity contribution in [1.82, 2.24) is 25.1 Å². The maximum atomic E-state index is 12.4. The summed E-state index contributed by atoms with van der Waals surface area (Å²) in [4.78, 5) is 40.4. The normalized spacial score (nSPS) is 13.1. The number of nitrogens with zero attached hydrogens (tertiary/aromatic N) is 5. The van der Waals surface area contributed by atoms with Gasteiger partial charge in [-0.25, -0.2) is 14.8 Å². The molecular formula is C51H65N7O8. The van der Waals surface area contributed by atoms with E-state index in [9.17, 15) is 9.59 Å². The van der Waals surface area contributed by atoms with Crippen molar-refractivity contribution >= 4 is 35.1 Å². The summed E-state index contributed by atoms with van der Waals surface area (Å²) in [7, 11) is 3.25. The molecule has 1 aliphatic rings. The van der Waals surface area contributed by atoms with Crippen LogP contribution in [-0.4, -0.2) is 111 Å². The van der Waals surface area contributed by atoms with Gasteiger partial charge in [-0.15, -0.1) is 0 Å². The van der Waals surface area contributed by atoms with Crippen LogP contribution in [0.5, 0.6) is 17.2 Å². The molecule has 4 aromatic carbocycles. The topological polar surface area (TPSA) is 149 Å². The number of benzene rings is 4. The van der Waals surface area contributed by atoms with Crippen molar-refractivity contribution in [3.8, 4) is 17.2 Å². The fourth-order valence-electron chi connectivity index (χ4n) is 7.47. The molecule has 15 nitrogen and oxygen atoms in total. The Labute approximate surface area is 389 Å². The number of anilines is 4. The second-order valence-electron chi connectivity index (χ2n) is 17.1. The van der Waals surface area contributed by atoms with Gasteiger partial charge in [0.05, 0.1) is 52.7 Å². The maximum Gasteiger partial charge on any atom is 0.407 e. The monoisotopic (exact) mass is 903 g/mol. The van der Waals surface area contributed by atoms with E-state index >= 15 is 0 Å². The molecule has 5 aromatic rings. The molecule has 0 aliphatic carbocycles. The summed E-state index contributed by atoms with van der Waals surface area (Å²) in [6.07, 6.45) is 1.66. The van der Waals surface area contributed by atoms with Crippen molar-refractivity contribution in [3.63, 3.8) is 0 Å². The SMILES string of the molecule is CCOC(=O)CN1CCN(Cc2cccc(Nc3cc(N(Cc4c(OC)cc(OCCOCc5ccc(C)cc5)cc4OC)c4cccc(CCNC(=O)OC(C)(C)C)c4)ncn3)c2)CC1. The van der Waals surface area contributed by atoms with Gasteiger partial charge in [0.25, 0.3) is 0 Å². The number of ether oxygens (including phenoxy) is 6. The van der Waals surface area contributed by atoms with Crippen LogP contribution in [0.2, 0.25) is 0 Å². The van der Waals surface area contributed by atoms with E-state index in [1.165, 1.54) is 5.56 Å². The van der Waals surface area contributed by atoms with Gasteiger partial charge in [0, 0.05) is 68.8 Å². The number of hydrogen-bond acceptors (Lipinski definition) is 14. The highest BCUT2D eigenvalue weighted by atomic mass is 16.6. The largest absolute Gasteiger partial charge is 0.496 e. The molecule has 1 aromatic heterocycles.